The molecule has 112 valence electrons. The molecule has 2 aromatic rings. The zero-order valence-corrected chi connectivity index (χ0v) is 12.1. The number of anilines is 2. The van der Waals surface area contributed by atoms with Gasteiger partial charge in [0.15, 0.2) is 5.65 Å². The van der Waals surface area contributed by atoms with Crippen molar-refractivity contribution in [2.75, 3.05) is 23.8 Å². The van der Waals surface area contributed by atoms with Gasteiger partial charge >= 0.3 is 0 Å². The third kappa shape index (κ3) is 2.37. The summed E-state index contributed by atoms with van der Waals surface area (Å²) < 4.78 is 0. The highest BCUT2D eigenvalue weighted by Crippen LogP contribution is 2.31. The van der Waals surface area contributed by atoms with Crippen LogP contribution < -0.4 is 16.0 Å². The number of hydrogen-bond donors (Lipinski definition) is 3. The first-order valence-electron chi connectivity index (χ1n) is 7.05. The van der Waals surface area contributed by atoms with E-state index in [-0.39, 0.29) is 11.8 Å². The fourth-order valence-corrected chi connectivity index (χ4v) is 2.78. The molecule has 1 amide bonds. The van der Waals surface area contributed by atoms with Crippen LogP contribution in [0.15, 0.2) is 6.20 Å². The number of nitrogens with zero attached hydrogens (tertiary/aromatic N) is 4. The quantitative estimate of drug-likeness (QED) is 0.757. The molecule has 3 rings (SSSR count). The Kier molecular flexibility index (Phi) is 3.36. The maximum atomic E-state index is 11.5. The number of primary amides is 1. The SMILES string of the molecule is CNc1nc(N2CC(C(N)=O)CCC2C)c2cn[nH]c2n1. The standard InChI is InChI=1S/C13H19N7O/c1-7-3-4-8(10(14)21)6-20(7)12-9-5-16-19-11(9)17-13(15-2)18-12/h5,7-8H,3-4,6H2,1-2H3,(H2,14,21)(H2,15,16,17,18,19). The van der Waals surface area contributed by atoms with Gasteiger partial charge in [0.2, 0.25) is 11.9 Å². The van der Waals surface area contributed by atoms with Crippen LogP contribution in [0.4, 0.5) is 11.8 Å². The summed E-state index contributed by atoms with van der Waals surface area (Å²) in [6.45, 7) is 2.71. The lowest BCUT2D eigenvalue weighted by molar-refractivity contribution is -0.122. The first-order valence-corrected chi connectivity index (χ1v) is 7.05. The van der Waals surface area contributed by atoms with Crippen molar-refractivity contribution in [1.82, 2.24) is 20.2 Å². The summed E-state index contributed by atoms with van der Waals surface area (Å²) in [5.74, 6) is 0.918. The van der Waals surface area contributed by atoms with Crippen LogP contribution in [0.3, 0.4) is 0 Å². The van der Waals surface area contributed by atoms with Gasteiger partial charge < -0.3 is 16.0 Å². The van der Waals surface area contributed by atoms with E-state index in [2.05, 4.69) is 37.3 Å². The van der Waals surface area contributed by atoms with Gasteiger partial charge in [-0.2, -0.15) is 15.1 Å². The predicted octanol–water partition coefficient (Wildman–Crippen LogP) is 0.485. The predicted molar refractivity (Wildman–Crippen MR) is 80.0 cm³/mol. The normalized spacial score (nSPS) is 22.5. The van der Waals surface area contributed by atoms with E-state index in [4.69, 9.17) is 5.73 Å². The van der Waals surface area contributed by atoms with Crippen LogP contribution in [0.25, 0.3) is 11.0 Å². The lowest BCUT2D eigenvalue weighted by atomic mass is 9.93. The van der Waals surface area contributed by atoms with E-state index in [1.54, 1.807) is 13.2 Å². The summed E-state index contributed by atoms with van der Waals surface area (Å²) >= 11 is 0. The van der Waals surface area contributed by atoms with Crippen molar-refractivity contribution in [3.8, 4) is 0 Å². The van der Waals surface area contributed by atoms with Crippen molar-refractivity contribution in [3.05, 3.63) is 6.20 Å². The molecule has 0 bridgehead atoms. The fourth-order valence-electron chi connectivity index (χ4n) is 2.78. The van der Waals surface area contributed by atoms with Crippen molar-refractivity contribution in [2.45, 2.75) is 25.8 Å². The van der Waals surface area contributed by atoms with E-state index >= 15 is 0 Å². The highest BCUT2D eigenvalue weighted by Gasteiger charge is 2.31. The molecular weight excluding hydrogens is 270 g/mol. The molecule has 0 aliphatic carbocycles. The average Bonchev–Trinajstić information content (AvgIpc) is 2.94. The molecule has 0 radical (unpaired) electrons. The summed E-state index contributed by atoms with van der Waals surface area (Å²) in [5.41, 5.74) is 6.15. The summed E-state index contributed by atoms with van der Waals surface area (Å²) in [6.07, 6.45) is 3.45. The van der Waals surface area contributed by atoms with E-state index in [0.717, 1.165) is 24.0 Å². The van der Waals surface area contributed by atoms with Crippen molar-refractivity contribution in [2.24, 2.45) is 11.7 Å². The number of fused-ring (bicyclic) bond motifs is 1. The molecule has 8 heteroatoms. The van der Waals surface area contributed by atoms with E-state index < -0.39 is 0 Å². The number of aromatic amines is 1. The first kappa shape index (κ1) is 13.6. The molecule has 21 heavy (non-hydrogen) atoms. The molecule has 0 saturated carbocycles. The largest absolute Gasteiger partial charge is 0.369 e. The smallest absolute Gasteiger partial charge is 0.226 e. The van der Waals surface area contributed by atoms with Gasteiger partial charge in [0.1, 0.15) is 5.82 Å². The van der Waals surface area contributed by atoms with Gasteiger partial charge in [0.05, 0.1) is 17.5 Å². The minimum Gasteiger partial charge on any atom is -0.369 e. The lowest BCUT2D eigenvalue weighted by Gasteiger charge is -2.38. The Bertz CT molecular complexity index is 668. The number of nitrogens with two attached hydrogens (primary N) is 1. The Morgan fingerprint density at radius 1 is 1.48 bits per heavy atom. The highest BCUT2D eigenvalue weighted by atomic mass is 16.1. The molecule has 1 fully saturated rings. The van der Waals surface area contributed by atoms with Crippen LogP contribution in [0.2, 0.25) is 0 Å². The van der Waals surface area contributed by atoms with E-state index in [1.807, 2.05) is 0 Å². The average molecular weight is 289 g/mol. The number of hydrogen-bond acceptors (Lipinski definition) is 6. The molecule has 1 saturated heterocycles. The van der Waals surface area contributed by atoms with E-state index in [9.17, 15) is 4.79 Å². The number of H-pyrrole nitrogens is 1. The van der Waals surface area contributed by atoms with Gasteiger partial charge in [-0.15, -0.1) is 0 Å². The summed E-state index contributed by atoms with van der Waals surface area (Å²) in [6, 6.07) is 0.290. The number of carbonyl (C=O) groups excluding carboxylic acids is 1. The van der Waals surface area contributed by atoms with Crippen molar-refractivity contribution in [1.29, 1.82) is 0 Å². The molecule has 1 aliphatic heterocycles. The number of rotatable bonds is 3. The molecule has 4 N–H and O–H groups in total. The number of amides is 1. The van der Waals surface area contributed by atoms with E-state index in [0.29, 0.717) is 24.2 Å². The van der Waals surface area contributed by atoms with Crippen LogP contribution >= 0.6 is 0 Å². The van der Waals surface area contributed by atoms with Crippen LogP contribution in [0.1, 0.15) is 19.8 Å². The molecule has 0 aromatic carbocycles. The third-order valence-corrected chi connectivity index (χ3v) is 4.07. The summed E-state index contributed by atoms with van der Waals surface area (Å²) in [7, 11) is 1.77. The number of aromatic nitrogens is 4. The molecule has 0 spiro atoms. The van der Waals surface area contributed by atoms with Gasteiger partial charge in [0, 0.05) is 19.6 Å². The maximum absolute atomic E-state index is 11.5. The number of piperidine rings is 1. The van der Waals surface area contributed by atoms with E-state index in [1.165, 1.54) is 0 Å². The zero-order valence-electron chi connectivity index (χ0n) is 12.1. The summed E-state index contributed by atoms with van der Waals surface area (Å²) in [4.78, 5) is 22.5. The molecule has 3 heterocycles. The van der Waals surface area contributed by atoms with Crippen LogP contribution in [-0.4, -0.2) is 45.7 Å². The molecule has 1 aliphatic rings. The minimum atomic E-state index is -0.252. The second-order valence-electron chi connectivity index (χ2n) is 5.43. The fraction of sp³-hybridized carbons (Fsp3) is 0.538. The highest BCUT2D eigenvalue weighted by molar-refractivity contribution is 5.88. The maximum Gasteiger partial charge on any atom is 0.226 e. The van der Waals surface area contributed by atoms with Crippen LogP contribution in [-0.2, 0) is 4.79 Å². The van der Waals surface area contributed by atoms with Gasteiger partial charge in [-0.05, 0) is 19.8 Å². The minimum absolute atomic E-state index is 0.142. The Hall–Kier alpha value is -2.38. The molecule has 2 unspecified atom stereocenters. The molecule has 2 aromatic heterocycles. The molecule has 8 nitrogen and oxygen atoms in total. The van der Waals surface area contributed by atoms with Gasteiger partial charge in [-0.1, -0.05) is 0 Å². The van der Waals surface area contributed by atoms with Crippen molar-refractivity contribution < 1.29 is 4.79 Å². The Morgan fingerprint density at radius 2 is 2.29 bits per heavy atom. The van der Waals surface area contributed by atoms with Crippen LogP contribution in [0.5, 0.6) is 0 Å². The first-order chi connectivity index (χ1) is 10.1. The second kappa shape index (κ2) is 5.19. The zero-order chi connectivity index (χ0) is 15.0. The van der Waals surface area contributed by atoms with Gasteiger partial charge in [-0.3, -0.25) is 9.89 Å². The number of nitrogens with one attached hydrogen (secondary N) is 2. The Balaban J connectivity index is 2.04. The number of carbonyl (C=O) groups is 1. The lowest BCUT2D eigenvalue weighted by Crippen LogP contribution is -2.46. The van der Waals surface area contributed by atoms with Crippen LogP contribution in [0, 0.1) is 5.92 Å². The Morgan fingerprint density at radius 3 is 3.00 bits per heavy atom. The third-order valence-electron chi connectivity index (χ3n) is 4.07. The van der Waals surface area contributed by atoms with Crippen molar-refractivity contribution >= 4 is 28.7 Å². The molecular formula is C13H19N7O. The van der Waals surface area contributed by atoms with Crippen molar-refractivity contribution in [3.63, 3.8) is 0 Å². The van der Waals surface area contributed by atoms with Gasteiger partial charge in [-0.25, -0.2) is 0 Å². The monoisotopic (exact) mass is 289 g/mol. The molecule has 2 atom stereocenters. The second-order valence-corrected chi connectivity index (χ2v) is 5.43. The van der Waals surface area contributed by atoms with Gasteiger partial charge in [0.25, 0.3) is 0 Å². The Labute approximate surface area is 122 Å². The summed E-state index contributed by atoms with van der Waals surface area (Å²) in [5, 5.41) is 10.7. The topological polar surface area (TPSA) is 113 Å².